The van der Waals surface area contributed by atoms with Gasteiger partial charge in [0.2, 0.25) is 5.04 Å². The van der Waals surface area contributed by atoms with Crippen LogP contribution < -0.4 is 20.0 Å². The molecule has 2 N–H and O–H groups in total. The Morgan fingerprint density at radius 1 is 0.829 bits per heavy atom. The van der Waals surface area contributed by atoms with Crippen LogP contribution in [-0.2, 0) is 4.37 Å². The molecule has 0 aliphatic heterocycles. The number of thiocarbonyl (C=S) groups is 1. The second-order valence-corrected chi connectivity index (χ2v) is 7.85. The lowest BCUT2D eigenvalue weighted by Gasteiger charge is -2.11. The van der Waals surface area contributed by atoms with E-state index in [1.165, 1.54) is 5.04 Å². The van der Waals surface area contributed by atoms with Gasteiger partial charge in [-0.05, 0) is 14.1 Å². The molecule has 0 aliphatic carbocycles. The van der Waals surface area contributed by atoms with E-state index in [-0.39, 0.29) is 9.41 Å². The van der Waals surface area contributed by atoms with Crippen molar-refractivity contribution >= 4 is 49.1 Å². The third-order valence-corrected chi connectivity index (χ3v) is 4.83. The highest BCUT2D eigenvalue weighted by atomic mass is 32.2. The van der Waals surface area contributed by atoms with Crippen molar-refractivity contribution < 1.29 is 44.2 Å². The summed E-state index contributed by atoms with van der Waals surface area (Å²) in [5, 5.41) is 7.49. The summed E-state index contributed by atoms with van der Waals surface area (Å²) in [6.07, 6.45) is 0. The van der Waals surface area contributed by atoms with Crippen LogP contribution in [0.25, 0.3) is 0 Å². The first kappa shape index (κ1) is 51.1. The minimum absolute atomic E-state index is 0. The summed E-state index contributed by atoms with van der Waals surface area (Å²) in [5.41, 5.74) is 0. The summed E-state index contributed by atoms with van der Waals surface area (Å²) >= 11 is 6.83. The molecule has 0 radical (unpaired) electrons. The van der Waals surface area contributed by atoms with Crippen molar-refractivity contribution in [1.29, 1.82) is 0 Å². The third-order valence-electron chi connectivity index (χ3n) is 3.19. The Labute approximate surface area is 217 Å². The molecule has 0 bridgehead atoms. The first-order valence-electron chi connectivity index (χ1n) is 10.4. The number of rotatable bonds is 8. The molecule has 5 nitrogen and oxygen atoms in total. The lowest BCUT2D eigenvalue weighted by Crippen LogP contribution is -3.00. The average Bonchev–Trinajstić information content (AvgIpc) is 2.69. The van der Waals surface area contributed by atoms with Crippen LogP contribution >= 0.6 is 24.0 Å². The van der Waals surface area contributed by atoms with E-state index in [9.17, 15) is 25.9 Å². The van der Waals surface area contributed by atoms with Crippen molar-refractivity contribution in [1.82, 2.24) is 15.5 Å². The summed E-state index contributed by atoms with van der Waals surface area (Å²) in [7, 11) is 4.57. The van der Waals surface area contributed by atoms with E-state index in [4.69, 9.17) is 12.2 Å². The maximum atomic E-state index is 9.67. The Kier molecular flexibility index (Phi) is 59.1. The molecule has 17 heteroatoms. The van der Waals surface area contributed by atoms with Crippen LogP contribution in [0.1, 0.15) is 27.7 Å². The molecule has 0 fully saturated rings. The predicted molar refractivity (Wildman–Crippen MR) is 140 cm³/mol. The highest BCUT2D eigenvalue weighted by Gasteiger charge is 2.07. The standard InChI is InChI=1S/C7H17N2S.C6H15O.C5H12N2S.2BF3.2FH/c1-5-10-7(6-8-2)9(3)4;1-4-7(5-2)6-3;1-6-4-5(8)7(2)3;2*2-1(3)4;;/h8H,5-6H2,1-4H3;4-6H2,1-3H3;6H,4H2,1-3H3;;;2*1H/q2*+1;;;;;/p-2. The van der Waals surface area contributed by atoms with Crippen molar-refractivity contribution in [2.24, 2.45) is 0 Å². The molecule has 216 valence electrons. The van der Waals surface area contributed by atoms with Gasteiger partial charge in [0.05, 0.1) is 11.5 Å². The Morgan fingerprint density at radius 2 is 1.14 bits per heavy atom. The highest BCUT2D eigenvalue weighted by Crippen LogP contribution is 2.00. The monoisotopic (exact) mass is 570 g/mol. The van der Waals surface area contributed by atoms with Crippen LogP contribution in [0, 0.1) is 0 Å². The van der Waals surface area contributed by atoms with Crippen molar-refractivity contribution in [3.05, 3.63) is 0 Å². The van der Waals surface area contributed by atoms with E-state index < -0.39 is 15.1 Å². The van der Waals surface area contributed by atoms with Gasteiger partial charge in [-0.1, -0.05) is 30.9 Å². The number of thioether (sulfide) groups is 1. The maximum absolute atomic E-state index is 9.67. The predicted octanol–water partition coefficient (Wildman–Crippen LogP) is -1.91. The molecule has 0 aliphatic rings. The molecule has 0 aromatic carbocycles. The Balaban J connectivity index is -0.0000000575. The molecule has 0 saturated heterocycles. The van der Waals surface area contributed by atoms with Gasteiger partial charge in [-0.3, -0.25) is 25.9 Å². The topological polar surface area (TPSA) is 33.0 Å². The normalized spacial score (nSPS) is 8.37. The maximum Gasteiger partial charge on any atom is 0.762 e. The van der Waals surface area contributed by atoms with Gasteiger partial charge in [0, 0.05) is 47.2 Å². The summed E-state index contributed by atoms with van der Waals surface area (Å²) < 4.78 is 63.2. The number of hydrogen-bond acceptors (Lipinski definition) is 4. The summed E-state index contributed by atoms with van der Waals surface area (Å²) in [6, 6.07) is 0. The van der Waals surface area contributed by atoms with Crippen LogP contribution in [0.2, 0.25) is 0 Å². The van der Waals surface area contributed by atoms with Crippen molar-refractivity contribution in [2.75, 3.05) is 80.9 Å². The first-order chi connectivity index (χ1) is 15.2. The number of nitrogens with zero attached hydrogens (tertiary/aromatic N) is 2. The minimum atomic E-state index is -3.67. The summed E-state index contributed by atoms with van der Waals surface area (Å²) in [5.74, 6) is 1.15. The number of hydrogen-bond donors (Lipinski definition) is 2. The summed E-state index contributed by atoms with van der Waals surface area (Å²) in [4.78, 5) is 2.86. The molecule has 0 aromatic rings. The lowest BCUT2D eigenvalue weighted by atomic mass is 10.5. The Morgan fingerprint density at radius 3 is 1.26 bits per heavy atom. The smallest absolute Gasteiger partial charge is 0.762 e. The summed E-state index contributed by atoms with van der Waals surface area (Å²) in [6.45, 7) is 13.7. The van der Waals surface area contributed by atoms with Gasteiger partial charge in [0.15, 0.2) is 0 Å². The van der Waals surface area contributed by atoms with Crippen molar-refractivity contribution in [3.63, 3.8) is 0 Å². The molecule has 35 heavy (non-hydrogen) atoms. The van der Waals surface area contributed by atoms with Gasteiger partial charge in [-0.25, -0.2) is 4.58 Å². The van der Waals surface area contributed by atoms with Crippen molar-refractivity contribution in [2.45, 2.75) is 27.7 Å². The number of halogens is 8. The van der Waals surface area contributed by atoms with Gasteiger partial charge in [-0.15, -0.1) is 0 Å². The largest absolute Gasteiger partial charge is 1.00 e. The van der Waals surface area contributed by atoms with Gasteiger partial charge >= 0.3 is 15.1 Å². The Hall–Kier alpha value is -0.640. The van der Waals surface area contributed by atoms with Crippen LogP contribution in [0.5, 0.6) is 0 Å². The zero-order chi connectivity index (χ0) is 27.4. The van der Waals surface area contributed by atoms with E-state index in [0.717, 1.165) is 43.7 Å². The molecule has 0 aromatic heterocycles. The molecular weight excluding hydrogens is 526 g/mol. The highest BCUT2D eigenvalue weighted by molar-refractivity contribution is 8.13. The van der Waals surface area contributed by atoms with E-state index in [0.29, 0.717) is 0 Å². The van der Waals surface area contributed by atoms with Crippen molar-refractivity contribution in [3.8, 4) is 0 Å². The van der Waals surface area contributed by atoms with Gasteiger partial charge in [0.1, 0.15) is 33.9 Å². The van der Waals surface area contributed by atoms with Crippen LogP contribution in [0.3, 0.4) is 0 Å². The van der Waals surface area contributed by atoms with Crippen LogP contribution in [0.15, 0.2) is 0 Å². The first-order valence-corrected chi connectivity index (χ1v) is 11.7. The second-order valence-electron chi connectivity index (χ2n) is 6.04. The molecule has 0 rings (SSSR count). The Bertz CT molecular complexity index is 416. The minimum Gasteiger partial charge on any atom is -1.00 e. The number of nitrogens with one attached hydrogen (secondary N) is 2. The van der Waals surface area contributed by atoms with Gasteiger partial charge < -0.3 is 29.3 Å². The van der Waals surface area contributed by atoms with E-state index in [2.05, 4.69) is 61.4 Å². The fraction of sp³-hybridized carbons (Fsp3) is 0.889. The van der Waals surface area contributed by atoms with E-state index >= 15 is 0 Å². The average molecular weight is 570 g/mol. The molecule has 0 saturated carbocycles. The zero-order valence-electron chi connectivity index (χ0n) is 22.5. The molecule has 0 atom stereocenters. The second kappa shape index (κ2) is 40.5. The van der Waals surface area contributed by atoms with E-state index in [1.54, 1.807) is 0 Å². The molecule has 0 heterocycles. The quantitative estimate of drug-likeness (QED) is 0.0678. The third kappa shape index (κ3) is 65.6. The van der Waals surface area contributed by atoms with Crippen LogP contribution in [-0.4, -0.2) is 116 Å². The fourth-order valence-corrected chi connectivity index (χ4v) is 2.56. The zero-order valence-corrected chi connectivity index (χ0v) is 24.2. The molecule has 0 amide bonds. The number of likely N-dealkylation sites (N-methyl/N-ethyl adjacent to an activating group) is 2. The SMILES string of the molecule is CCSC(CNC)=[N+](C)C.CC[O+](CC)CC.CNCC(=S)N(C)C.FB(F)F.FB(F)F.[F-].[F-]. The lowest BCUT2D eigenvalue weighted by molar-refractivity contribution is -0.462. The molecule has 0 unspecified atom stereocenters. The fourth-order valence-electron chi connectivity index (χ4n) is 1.58. The van der Waals surface area contributed by atoms with Gasteiger partial charge in [0.25, 0.3) is 0 Å². The van der Waals surface area contributed by atoms with E-state index in [1.807, 2.05) is 44.9 Å². The van der Waals surface area contributed by atoms with Gasteiger partial charge in [-0.2, -0.15) is 0 Å². The molecule has 0 spiro atoms. The van der Waals surface area contributed by atoms with Crippen LogP contribution in [0.4, 0.5) is 25.9 Å². The molecular formula is C18H44B2F8N4OS2.